The van der Waals surface area contributed by atoms with Gasteiger partial charge in [-0.3, -0.25) is 4.79 Å². The van der Waals surface area contributed by atoms with Crippen molar-refractivity contribution in [3.05, 3.63) is 34.2 Å². The Morgan fingerprint density at radius 3 is 2.87 bits per heavy atom. The van der Waals surface area contributed by atoms with Gasteiger partial charge in [0.15, 0.2) is 0 Å². The summed E-state index contributed by atoms with van der Waals surface area (Å²) >= 11 is 0. The van der Waals surface area contributed by atoms with Crippen molar-refractivity contribution in [3.8, 4) is 0 Å². The van der Waals surface area contributed by atoms with Crippen molar-refractivity contribution in [1.29, 1.82) is 0 Å². The molecule has 0 fully saturated rings. The number of nitrogens with zero attached hydrogens (tertiary/aromatic N) is 1. The minimum atomic E-state index is 0.0835. The molecule has 0 aliphatic carbocycles. The van der Waals surface area contributed by atoms with E-state index in [-0.39, 0.29) is 5.56 Å². The monoisotopic (exact) mass is 208 g/mol. The van der Waals surface area contributed by atoms with E-state index in [1.165, 1.54) is 0 Å². The highest BCUT2D eigenvalue weighted by molar-refractivity contribution is 5.08. The highest BCUT2D eigenvalue weighted by atomic mass is 16.1. The largest absolute Gasteiger partial charge is 0.314 e. The van der Waals surface area contributed by atoms with E-state index in [0.29, 0.717) is 6.04 Å². The Morgan fingerprint density at radius 2 is 2.27 bits per heavy atom. The van der Waals surface area contributed by atoms with Crippen LogP contribution in [0.2, 0.25) is 0 Å². The fraction of sp³-hybridized carbons (Fsp3) is 0.583. The summed E-state index contributed by atoms with van der Waals surface area (Å²) < 4.78 is 1.75. The summed E-state index contributed by atoms with van der Waals surface area (Å²) in [6.07, 6.45) is 2.98. The highest BCUT2D eigenvalue weighted by Gasteiger charge is 2.02. The Labute approximate surface area is 91.1 Å². The summed E-state index contributed by atoms with van der Waals surface area (Å²) in [5, 5.41) is 3.36. The number of aryl methyl sites for hydroxylation is 1. The van der Waals surface area contributed by atoms with Gasteiger partial charge in [-0.05, 0) is 38.4 Å². The van der Waals surface area contributed by atoms with E-state index < -0.39 is 0 Å². The molecule has 1 aromatic heterocycles. The molecule has 0 saturated carbocycles. The lowest BCUT2D eigenvalue weighted by atomic mass is 10.2. The number of pyridine rings is 1. The molecular weight excluding hydrogens is 188 g/mol. The molecule has 0 aliphatic heterocycles. The molecule has 1 aromatic rings. The van der Waals surface area contributed by atoms with Crippen molar-refractivity contribution in [1.82, 2.24) is 9.88 Å². The minimum Gasteiger partial charge on any atom is -0.314 e. The number of hydrogen-bond acceptors (Lipinski definition) is 2. The van der Waals surface area contributed by atoms with Crippen LogP contribution in [0.1, 0.15) is 25.8 Å². The van der Waals surface area contributed by atoms with Crippen molar-refractivity contribution < 1.29 is 0 Å². The Kier molecular flexibility index (Phi) is 4.56. The van der Waals surface area contributed by atoms with Crippen molar-refractivity contribution >= 4 is 0 Å². The molecule has 3 heteroatoms. The van der Waals surface area contributed by atoms with Crippen LogP contribution in [0, 0.1) is 6.92 Å². The van der Waals surface area contributed by atoms with E-state index in [1.54, 1.807) is 10.6 Å². The van der Waals surface area contributed by atoms with Gasteiger partial charge in [-0.1, -0.05) is 6.92 Å². The Balaban J connectivity index is 2.60. The molecule has 0 bridgehead atoms. The Bertz CT molecular complexity index is 357. The van der Waals surface area contributed by atoms with E-state index in [0.717, 1.165) is 25.1 Å². The number of aromatic nitrogens is 1. The van der Waals surface area contributed by atoms with Gasteiger partial charge in [0, 0.05) is 24.8 Å². The lowest BCUT2D eigenvalue weighted by Crippen LogP contribution is -2.34. The van der Waals surface area contributed by atoms with Crippen LogP contribution < -0.4 is 10.9 Å². The van der Waals surface area contributed by atoms with Gasteiger partial charge in [0.1, 0.15) is 0 Å². The molecule has 1 rings (SSSR count). The maximum atomic E-state index is 11.6. The predicted octanol–water partition coefficient (Wildman–Crippen LogP) is 1.54. The van der Waals surface area contributed by atoms with Crippen molar-refractivity contribution in [2.24, 2.45) is 0 Å². The first-order valence-corrected chi connectivity index (χ1v) is 5.54. The van der Waals surface area contributed by atoms with Crippen LogP contribution in [-0.2, 0) is 6.54 Å². The summed E-state index contributed by atoms with van der Waals surface area (Å²) in [7, 11) is 0. The lowest BCUT2D eigenvalue weighted by Gasteiger charge is -2.14. The van der Waals surface area contributed by atoms with E-state index in [4.69, 9.17) is 0 Å². The van der Waals surface area contributed by atoms with Crippen molar-refractivity contribution in [2.75, 3.05) is 6.54 Å². The fourth-order valence-electron chi connectivity index (χ4n) is 1.51. The van der Waals surface area contributed by atoms with Gasteiger partial charge in [-0.25, -0.2) is 0 Å². The number of hydrogen-bond donors (Lipinski definition) is 1. The molecule has 0 spiro atoms. The normalized spacial score (nSPS) is 12.7. The first-order chi connectivity index (χ1) is 7.13. The van der Waals surface area contributed by atoms with Crippen LogP contribution >= 0.6 is 0 Å². The fourth-order valence-corrected chi connectivity index (χ4v) is 1.51. The molecule has 1 N–H and O–H groups in total. The summed E-state index contributed by atoms with van der Waals surface area (Å²) in [5.74, 6) is 0. The first-order valence-electron chi connectivity index (χ1n) is 5.54. The zero-order chi connectivity index (χ0) is 11.3. The second-order valence-corrected chi connectivity index (χ2v) is 4.05. The molecule has 15 heavy (non-hydrogen) atoms. The standard InChI is InChI=1S/C12H20N2O/c1-4-6-13-11(3)9-14-7-5-10(2)8-12(14)15/h5,7-8,11,13H,4,6,9H2,1-3H3. The Hall–Kier alpha value is -1.09. The van der Waals surface area contributed by atoms with E-state index >= 15 is 0 Å². The van der Waals surface area contributed by atoms with Gasteiger partial charge >= 0.3 is 0 Å². The maximum absolute atomic E-state index is 11.6. The zero-order valence-corrected chi connectivity index (χ0v) is 9.79. The maximum Gasteiger partial charge on any atom is 0.250 e. The molecule has 0 saturated heterocycles. The predicted molar refractivity (Wildman–Crippen MR) is 63.2 cm³/mol. The summed E-state index contributed by atoms with van der Waals surface area (Å²) in [4.78, 5) is 11.6. The third-order valence-electron chi connectivity index (χ3n) is 2.36. The summed E-state index contributed by atoms with van der Waals surface area (Å²) in [6, 6.07) is 3.98. The molecule has 0 aliphatic rings. The molecule has 0 aromatic carbocycles. The van der Waals surface area contributed by atoms with Crippen LogP contribution in [0.15, 0.2) is 23.1 Å². The van der Waals surface area contributed by atoms with Gasteiger partial charge in [0.05, 0.1) is 0 Å². The van der Waals surface area contributed by atoms with E-state index in [9.17, 15) is 4.79 Å². The average molecular weight is 208 g/mol. The third-order valence-corrected chi connectivity index (χ3v) is 2.36. The second-order valence-electron chi connectivity index (χ2n) is 4.05. The van der Waals surface area contributed by atoms with Crippen LogP contribution in [0.3, 0.4) is 0 Å². The van der Waals surface area contributed by atoms with Gasteiger partial charge < -0.3 is 9.88 Å². The molecular formula is C12H20N2O. The average Bonchev–Trinajstić information content (AvgIpc) is 2.19. The van der Waals surface area contributed by atoms with Gasteiger partial charge in [0.2, 0.25) is 0 Å². The smallest absolute Gasteiger partial charge is 0.250 e. The second kappa shape index (κ2) is 5.71. The van der Waals surface area contributed by atoms with Gasteiger partial charge in [0.25, 0.3) is 5.56 Å². The molecule has 1 unspecified atom stereocenters. The quantitative estimate of drug-likeness (QED) is 0.796. The number of rotatable bonds is 5. The highest BCUT2D eigenvalue weighted by Crippen LogP contribution is 1.93. The van der Waals surface area contributed by atoms with Crippen LogP contribution in [0.5, 0.6) is 0 Å². The van der Waals surface area contributed by atoms with Crippen LogP contribution in [0.4, 0.5) is 0 Å². The third kappa shape index (κ3) is 3.88. The van der Waals surface area contributed by atoms with Crippen molar-refractivity contribution in [2.45, 2.75) is 39.8 Å². The van der Waals surface area contributed by atoms with Gasteiger partial charge in [-0.2, -0.15) is 0 Å². The molecule has 1 heterocycles. The SMILES string of the molecule is CCCNC(C)Cn1ccc(C)cc1=O. The van der Waals surface area contributed by atoms with Crippen molar-refractivity contribution in [3.63, 3.8) is 0 Å². The van der Waals surface area contributed by atoms with Crippen LogP contribution in [-0.4, -0.2) is 17.2 Å². The van der Waals surface area contributed by atoms with E-state index in [2.05, 4.69) is 19.2 Å². The lowest BCUT2D eigenvalue weighted by molar-refractivity contribution is 0.470. The van der Waals surface area contributed by atoms with Crippen LogP contribution in [0.25, 0.3) is 0 Å². The molecule has 3 nitrogen and oxygen atoms in total. The molecule has 0 radical (unpaired) electrons. The first kappa shape index (κ1) is 12.0. The topological polar surface area (TPSA) is 34.0 Å². The minimum absolute atomic E-state index is 0.0835. The number of nitrogens with one attached hydrogen (secondary N) is 1. The Morgan fingerprint density at radius 1 is 1.53 bits per heavy atom. The zero-order valence-electron chi connectivity index (χ0n) is 9.79. The molecule has 1 atom stereocenters. The molecule has 84 valence electrons. The summed E-state index contributed by atoms with van der Waals surface area (Å²) in [6.45, 7) is 7.91. The van der Waals surface area contributed by atoms with E-state index in [1.807, 2.05) is 19.2 Å². The summed E-state index contributed by atoms with van der Waals surface area (Å²) in [5.41, 5.74) is 1.10. The molecule has 0 amide bonds. The van der Waals surface area contributed by atoms with Gasteiger partial charge in [-0.15, -0.1) is 0 Å².